The molecule has 19 heavy (non-hydrogen) atoms. The second-order valence-electron chi connectivity index (χ2n) is 5.54. The summed E-state index contributed by atoms with van der Waals surface area (Å²) in [6, 6.07) is 2.71. The van der Waals surface area contributed by atoms with Crippen molar-refractivity contribution in [2.24, 2.45) is 0 Å². The largest absolute Gasteiger partial charge is 0.383 e. The van der Waals surface area contributed by atoms with Crippen LogP contribution in [0.2, 0.25) is 0 Å². The third-order valence-electron chi connectivity index (χ3n) is 3.84. The Balaban J connectivity index is 1.97. The molecule has 0 bridgehead atoms. The molecule has 2 rings (SSSR count). The molecule has 0 atom stereocenters. The number of halogens is 1. The maximum atomic E-state index is 5.15. The van der Waals surface area contributed by atoms with Gasteiger partial charge in [-0.3, -0.25) is 4.68 Å². The van der Waals surface area contributed by atoms with E-state index in [2.05, 4.69) is 57.2 Å². The molecule has 0 unspecified atom stereocenters. The van der Waals surface area contributed by atoms with Gasteiger partial charge in [0.15, 0.2) is 0 Å². The fourth-order valence-corrected chi connectivity index (χ4v) is 3.32. The van der Waals surface area contributed by atoms with E-state index in [1.807, 2.05) is 0 Å². The summed E-state index contributed by atoms with van der Waals surface area (Å²) in [5.74, 6) is 0.664. The summed E-state index contributed by atoms with van der Waals surface area (Å²) in [5, 5.41) is 4.62. The van der Waals surface area contributed by atoms with Crippen molar-refractivity contribution in [3.05, 3.63) is 15.5 Å². The minimum atomic E-state index is 0.449. The van der Waals surface area contributed by atoms with Gasteiger partial charge >= 0.3 is 0 Å². The van der Waals surface area contributed by atoms with Gasteiger partial charge in [0.05, 0.1) is 6.61 Å². The number of hydrogen-bond acceptors (Lipinski definition) is 3. The van der Waals surface area contributed by atoms with Crippen LogP contribution in [0.25, 0.3) is 0 Å². The van der Waals surface area contributed by atoms with Gasteiger partial charge in [-0.05, 0) is 68.4 Å². The fourth-order valence-electron chi connectivity index (χ4n) is 2.77. The summed E-state index contributed by atoms with van der Waals surface area (Å²) in [7, 11) is 1.77. The average molecular weight is 377 g/mol. The van der Waals surface area contributed by atoms with Gasteiger partial charge in [0, 0.05) is 31.3 Å². The molecule has 0 N–H and O–H groups in total. The van der Waals surface area contributed by atoms with Crippen LogP contribution >= 0.6 is 22.6 Å². The predicted molar refractivity (Wildman–Crippen MR) is 85.6 cm³/mol. The first-order valence-electron chi connectivity index (χ1n) is 7.08. The molecule has 1 saturated heterocycles. The minimum absolute atomic E-state index is 0.449. The quantitative estimate of drug-likeness (QED) is 0.740. The molecule has 0 saturated carbocycles. The van der Waals surface area contributed by atoms with Crippen molar-refractivity contribution in [3.63, 3.8) is 0 Å². The van der Waals surface area contributed by atoms with E-state index in [1.165, 1.54) is 31.6 Å². The van der Waals surface area contributed by atoms with Crippen LogP contribution in [-0.4, -0.2) is 48.0 Å². The third kappa shape index (κ3) is 3.92. The van der Waals surface area contributed by atoms with Gasteiger partial charge < -0.3 is 9.64 Å². The Morgan fingerprint density at radius 2 is 2.11 bits per heavy atom. The first-order chi connectivity index (χ1) is 9.11. The summed E-state index contributed by atoms with van der Waals surface area (Å²) < 4.78 is 8.47. The van der Waals surface area contributed by atoms with Crippen LogP contribution in [0.15, 0.2) is 6.07 Å². The van der Waals surface area contributed by atoms with Crippen LogP contribution < -0.4 is 0 Å². The Morgan fingerprint density at radius 3 is 2.68 bits per heavy atom. The summed E-state index contributed by atoms with van der Waals surface area (Å²) in [4.78, 5) is 2.50. The van der Waals surface area contributed by atoms with E-state index in [0.29, 0.717) is 12.0 Å². The lowest BCUT2D eigenvalue weighted by molar-refractivity contribution is 0.129. The Bertz CT molecular complexity index is 397. The zero-order valence-corrected chi connectivity index (χ0v) is 14.3. The van der Waals surface area contributed by atoms with E-state index in [4.69, 9.17) is 4.74 Å². The van der Waals surface area contributed by atoms with Gasteiger partial charge in [-0.1, -0.05) is 0 Å². The van der Waals surface area contributed by atoms with E-state index in [9.17, 15) is 0 Å². The van der Waals surface area contributed by atoms with E-state index in [1.54, 1.807) is 7.11 Å². The number of likely N-dealkylation sites (tertiary alicyclic amines) is 1. The van der Waals surface area contributed by atoms with E-state index < -0.39 is 0 Å². The zero-order chi connectivity index (χ0) is 13.8. The Morgan fingerprint density at radius 1 is 1.42 bits per heavy atom. The highest BCUT2D eigenvalue weighted by Gasteiger charge is 2.24. The topological polar surface area (TPSA) is 30.3 Å². The van der Waals surface area contributed by atoms with Crippen molar-refractivity contribution in [1.29, 1.82) is 0 Å². The van der Waals surface area contributed by atoms with Crippen LogP contribution in [0.4, 0.5) is 0 Å². The van der Waals surface area contributed by atoms with E-state index >= 15 is 0 Å². The molecule has 1 aliphatic rings. The Kier molecular flexibility index (Phi) is 5.65. The minimum Gasteiger partial charge on any atom is -0.383 e. The molecule has 0 radical (unpaired) electrons. The maximum absolute atomic E-state index is 5.15. The first-order valence-corrected chi connectivity index (χ1v) is 8.16. The van der Waals surface area contributed by atoms with Crippen LogP contribution in [0, 0.1) is 3.70 Å². The molecule has 0 aromatic carbocycles. The molecule has 5 heteroatoms. The molecule has 1 fully saturated rings. The monoisotopic (exact) mass is 377 g/mol. The maximum Gasteiger partial charge on any atom is 0.123 e. The summed E-state index contributed by atoms with van der Waals surface area (Å²) in [5.41, 5.74) is 1.42. The van der Waals surface area contributed by atoms with E-state index in [0.717, 1.165) is 16.9 Å². The highest BCUT2D eigenvalue weighted by molar-refractivity contribution is 14.1. The van der Waals surface area contributed by atoms with Crippen LogP contribution in [0.1, 0.15) is 44.3 Å². The predicted octanol–water partition coefficient (Wildman–Crippen LogP) is 2.89. The van der Waals surface area contributed by atoms with Gasteiger partial charge in [0.25, 0.3) is 0 Å². The standard InChI is InChI=1S/C14H24IN3O/c1-11(2)18-13(10-14(15)16-18)12-4-6-17(7-5-12)8-9-19-3/h10-12H,4-9H2,1-3H3. The third-order valence-corrected chi connectivity index (χ3v) is 4.37. The van der Waals surface area contributed by atoms with Gasteiger partial charge in [0.2, 0.25) is 0 Å². The normalized spacial score (nSPS) is 18.4. The molecule has 108 valence electrons. The summed E-state index contributed by atoms with van der Waals surface area (Å²) >= 11 is 2.32. The lowest BCUT2D eigenvalue weighted by Gasteiger charge is -2.32. The number of ether oxygens (including phenoxy) is 1. The van der Waals surface area contributed by atoms with Crippen molar-refractivity contribution in [1.82, 2.24) is 14.7 Å². The molecular weight excluding hydrogens is 353 g/mol. The lowest BCUT2D eigenvalue weighted by Crippen LogP contribution is -2.35. The van der Waals surface area contributed by atoms with Crippen LogP contribution in [-0.2, 0) is 4.74 Å². The second-order valence-corrected chi connectivity index (χ2v) is 6.64. The summed E-state index contributed by atoms with van der Waals surface area (Å²) in [6.07, 6.45) is 2.47. The first kappa shape index (κ1) is 15.3. The van der Waals surface area contributed by atoms with Crippen LogP contribution in [0.5, 0.6) is 0 Å². The van der Waals surface area contributed by atoms with E-state index in [-0.39, 0.29) is 0 Å². The lowest BCUT2D eigenvalue weighted by atomic mass is 9.93. The van der Waals surface area contributed by atoms with Crippen molar-refractivity contribution in [2.75, 3.05) is 33.4 Å². The van der Waals surface area contributed by atoms with Crippen molar-refractivity contribution >= 4 is 22.6 Å². The number of methoxy groups -OCH3 is 1. The van der Waals surface area contributed by atoms with Crippen molar-refractivity contribution in [3.8, 4) is 0 Å². The molecule has 0 aliphatic carbocycles. The second kappa shape index (κ2) is 7.04. The number of hydrogen-bond donors (Lipinski definition) is 0. The highest BCUT2D eigenvalue weighted by atomic mass is 127. The molecule has 1 aromatic heterocycles. The smallest absolute Gasteiger partial charge is 0.123 e. The van der Waals surface area contributed by atoms with Crippen molar-refractivity contribution in [2.45, 2.75) is 38.6 Å². The van der Waals surface area contributed by atoms with Gasteiger partial charge in [-0.15, -0.1) is 0 Å². The molecule has 0 amide bonds. The molecule has 0 spiro atoms. The van der Waals surface area contributed by atoms with Gasteiger partial charge in [0.1, 0.15) is 3.70 Å². The Hall–Kier alpha value is -0.140. The van der Waals surface area contributed by atoms with Crippen LogP contribution in [0.3, 0.4) is 0 Å². The van der Waals surface area contributed by atoms with Crippen molar-refractivity contribution < 1.29 is 4.74 Å². The number of aromatic nitrogens is 2. The van der Waals surface area contributed by atoms with Gasteiger partial charge in [-0.25, -0.2) is 0 Å². The Labute approximate surface area is 129 Å². The molecule has 1 aromatic rings. The summed E-state index contributed by atoms with van der Waals surface area (Å²) in [6.45, 7) is 8.67. The number of nitrogens with zero attached hydrogens (tertiary/aromatic N) is 3. The van der Waals surface area contributed by atoms with Gasteiger partial charge in [-0.2, -0.15) is 5.10 Å². The molecule has 2 heterocycles. The highest BCUT2D eigenvalue weighted by Crippen LogP contribution is 2.30. The SMILES string of the molecule is COCCN1CCC(c2cc(I)nn2C(C)C)CC1. The molecular formula is C14H24IN3O. The number of rotatable bonds is 5. The fraction of sp³-hybridized carbons (Fsp3) is 0.786. The number of piperidine rings is 1. The molecule has 1 aliphatic heterocycles. The average Bonchev–Trinajstić information content (AvgIpc) is 2.79. The zero-order valence-electron chi connectivity index (χ0n) is 12.1. The molecule has 4 nitrogen and oxygen atoms in total.